The lowest BCUT2D eigenvalue weighted by Crippen LogP contribution is -1.89. The van der Waals surface area contributed by atoms with Crippen molar-refractivity contribution in [2.24, 2.45) is 0 Å². The minimum Gasteiger partial charge on any atom is -0.461 e. The summed E-state index contributed by atoms with van der Waals surface area (Å²) in [7, 11) is 0. The molecule has 0 amide bonds. The highest BCUT2D eigenvalue weighted by Gasteiger charge is 2.16. The number of nitrogens with one attached hydrogen (secondary N) is 1. The second kappa shape index (κ2) is 5.66. The topological polar surface area (TPSA) is 28.9 Å². The Morgan fingerprint density at radius 2 is 1.44 bits per heavy atom. The van der Waals surface area contributed by atoms with Gasteiger partial charge < -0.3 is 9.40 Å². The van der Waals surface area contributed by atoms with Crippen LogP contribution in [-0.4, -0.2) is 4.98 Å². The molecule has 0 saturated carbocycles. The van der Waals surface area contributed by atoms with Gasteiger partial charge >= 0.3 is 0 Å². The summed E-state index contributed by atoms with van der Waals surface area (Å²) in [5, 5.41) is 1.25. The first kappa shape index (κ1) is 15.8. The van der Waals surface area contributed by atoms with Gasteiger partial charge in [-0.1, -0.05) is 29.8 Å². The minimum atomic E-state index is 1.00. The average Bonchev–Trinajstić information content (AvgIpc) is 3.18. The van der Waals surface area contributed by atoms with Crippen LogP contribution in [0.25, 0.3) is 33.5 Å². The Bertz CT molecular complexity index is 1080. The van der Waals surface area contributed by atoms with E-state index in [2.05, 4.69) is 75.1 Å². The monoisotopic (exact) mass is 329 g/mol. The van der Waals surface area contributed by atoms with Gasteiger partial charge in [0.15, 0.2) is 0 Å². The smallest absolute Gasteiger partial charge is 0.137 e. The fraction of sp³-hybridized carbons (Fsp3) is 0.217. The van der Waals surface area contributed by atoms with Crippen molar-refractivity contribution in [1.82, 2.24) is 4.98 Å². The molecule has 0 atom stereocenters. The van der Waals surface area contributed by atoms with Gasteiger partial charge in [0.1, 0.15) is 11.3 Å². The molecule has 0 aliphatic rings. The lowest BCUT2D eigenvalue weighted by molar-refractivity contribution is 0.573. The molecule has 4 aromatic rings. The van der Waals surface area contributed by atoms with Gasteiger partial charge in [0.25, 0.3) is 0 Å². The highest BCUT2D eigenvalue weighted by molar-refractivity contribution is 5.93. The normalized spacial score (nSPS) is 11.4. The Morgan fingerprint density at radius 1 is 0.760 bits per heavy atom. The number of fused-ring (bicyclic) bond motifs is 1. The van der Waals surface area contributed by atoms with Crippen molar-refractivity contribution in [2.45, 2.75) is 34.6 Å². The Kier molecular flexibility index (Phi) is 3.57. The van der Waals surface area contributed by atoms with Crippen LogP contribution in [0, 0.1) is 34.6 Å². The molecule has 0 unspecified atom stereocenters. The Labute approximate surface area is 148 Å². The van der Waals surface area contributed by atoms with Crippen LogP contribution in [0.15, 0.2) is 46.9 Å². The van der Waals surface area contributed by atoms with Crippen molar-refractivity contribution in [2.75, 3.05) is 0 Å². The second-order valence-corrected chi connectivity index (χ2v) is 7.01. The summed E-state index contributed by atoms with van der Waals surface area (Å²) in [4.78, 5) is 3.59. The van der Waals surface area contributed by atoms with Gasteiger partial charge in [-0.05, 0) is 75.1 Å². The number of hydrogen-bond donors (Lipinski definition) is 1. The average molecular weight is 329 g/mol. The van der Waals surface area contributed by atoms with Crippen molar-refractivity contribution in [3.05, 3.63) is 70.5 Å². The van der Waals surface area contributed by atoms with E-state index in [1.165, 1.54) is 38.8 Å². The zero-order valence-corrected chi connectivity index (χ0v) is 15.4. The summed E-state index contributed by atoms with van der Waals surface area (Å²) in [6.45, 7) is 10.6. The predicted molar refractivity (Wildman–Crippen MR) is 105 cm³/mol. The molecule has 0 radical (unpaired) electrons. The van der Waals surface area contributed by atoms with Crippen LogP contribution in [0.4, 0.5) is 0 Å². The molecule has 2 aromatic heterocycles. The molecular weight excluding hydrogens is 306 g/mol. The van der Waals surface area contributed by atoms with E-state index in [1.54, 1.807) is 0 Å². The fourth-order valence-corrected chi connectivity index (χ4v) is 3.61. The Balaban J connectivity index is 1.87. The second-order valence-electron chi connectivity index (χ2n) is 7.01. The number of aromatic nitrogens is 1. The van der Waals surface area contributed by atoms with Crippen molar-refractivity contribution in [3.63, 3.8) is 0 Å². The molecule has 4 rings (SSSR count). The largest absolute Gasteiger partial charge is 0.461 e. The first-order valence-electron chi connectivity index (χ1n) is 8.72. The molecular formula is C23H23NO. The van der Waals surface area contributed by atoms with Crippen LogP contribution < -0.4 is 0 Å². The number of aromatic amines is 1. The van der Waals surface area contributed by atoms with Crippen molar-refractivity contribution in [3.8, 4) is 22.5 Å². The molecule has 2 nitrogen and oxygen atoms in total. The zero-order chi connectivity index (χ0) is 17.7. The van der Waals surface area contributed by atoms with Crippen molar-refractivity contribution < 1.29 is 4.42 Å². The summed E-state index contributed by atoms with van der Waals surface area (Å²) in [5.74, 6) is 1.00. The van der Waals surface area contributed by atoms with E-state index >= 15 is 0 Å². The van der Waals surface area contributed by atoms with E-state index in [-0.39, 0.29) is 0 Å². The van der Waals surface area contributed by atoms with Crippen LogP contribution in [0.3, 0.4) is 0 Å². The standard InChI is InChI=1S/C23H23NO/c1-13-6-8-18(9-7-13)20-10-11-21(24-20)19-12-14(2)23-22(16(19)4)15(3)17(5)25-23/h6-12,24H,1-5H3. The molecule has 126 valence electrons. The molecule has 0 aliphatic carbocycles. The van der Waals surface area contributed by atoms with Crippen LogP contribution in [0.2, 0.25) is 0 Å². The number of rotatable bonds is 2. The molecule has 0 saturated heterocycles. The highest BCUT2D eigenvalue weighted by Crippen LogP contribution is 2.37. The van der Waals surface area contributed by atoms with E-state index in [4.69, 9.17) is 4.42 Å². The van der Waals surface area contributed by atoms with Crippen molar-refractivity contribution >= 4 is 11.0 Å². The molecule has 0 spiro atoms. The van der Waals surface area contributed by atoms with E-state index in [1.807, 2.05) is 6.92 Å². The Morgan fingerprint density at radius 3 is 2.16 bits per heavy atom. The van der Waals surface area contributed by atoms with Gasteiger partial charge in [-0.25, -0.2) is 0 Å². The number of benzene rings is 2. The van der Waals surface area contributed by atoms with E-state index < -0.39 is 0 Å². The summed E-state index contributed by atoms with van der Waals surface area (Å²) >= 11 is 0. The van der Waals surface area contributed by atoms with Gasteiger partial charge in [0.2, 0.25) is 0 Å². The van der Waals surface area contributed by atoms with Crippen LogP contribution in [-0.2, 0) is 0 Å². The van der Waals surface area contributed by atoms with Gasteiger partial charge in [0, 0.05) is 22.3 Å². The molecule has 2 heteroatoms. The van der Waals surface area contributed by atoms with Crippen LogP contribution in [0.1, 0.15) is 28.0 Å². The summed E-state index contributed by atoms with van der Waals surface area (Å²) < 4.78 is 5.98. The summed E-state index contributed by atoms with van der Waals surface area (Å²) in [6.07, 6.45) is 0. The summed E-state index contributed by atoms with van der Waals surface area (Å²) in [5.41, 5.74) is 10.7. The maximum absolute atomic E-state index is 5.98. The summed E-state index contributed by atoms with van der Waals surface area (Å²) in [6, 6.07) is 15.2. The van der Waals surface area contributed by atoms with Crippen molar-refractivity contribution in [1.29, 1.82) is 0 Å². The van der Waals surface area contributed by atoms with E-state index in [0.29, 0.717) is 0 Å². The number of furan rings is 1. The van der Waals surface area contributed by atoms with Gasteiger partial charge in [0.05, 0.1) is 0 Å². The maximum atomic E-state index is 5.98. The van der Waals surface area contributed by atoms with Crippen LogP contribution in [0.5, 0.6) is 0 Å². The quantitative estimate of drug-likeness (QED) is 0.439. The Hall–Kier alpha value is -2.74. The minimum absolute atomic E-state index is 1.00. The SMILES string of the molecule is Cc1ccc(-c2ccc(-c3cc(C)c4oc(C)c(C)c4c3C)[nH]2)cc1. The van der Waals surface area contributed by atoms with Gasteiger partial charge in [-0.2, -0.15) is 0 Å². The number of H-pyrrole nitrogens is 1. The zero-order valence-electron chi connectivity index (χ0n) is 15.4. The third-order valence-corrected chi connectivity index (χ3v) is 5.22. The van der Waals surface area contributed by atoms with Gasteiger partial charge in [-0.15, -0.1) is 0 Å². The molecule has 0 bridgehead atoms. The molecule has 25 heavy (non-hydrogen) atoms. The first-order valence-corrected chi connectivity index (χ1v) is 8.72. The molecule has 2 heterocycles. The first-order chi connectivity index (χ1) is 12.0. The molecule has 2 aromatic carbocycles. The van der Waals surface area contributed by atoms with Gasteiger partial charge in [-0.3, -0.25) is 0 Å². The van der Waals surface area contributed by atoms with Crippen LogP contribution >= 0.6 is 0 Å². The fourth-order valence-electron chi connectivity index (χ4n) is 3.61. The lowest BCUT2D eigenvalue weighted by Gasteiger charge is -2.08. The van der Waals surface area contributed by atoms with E-state index in [9.17, 15) is 0 Å². The highest BCUT2D eigenvalue weighted by atomic mass is 16.3. The third-order valence-electron chi connectivity index (χ3n) is 5.22. The predicted octanol–water partition coefficient (Wildman–Crippen LogP) is 6.64. The number of hydrogen-bond acceptors (Lipinski definition) is 1. The van der Waals surface area contributed by atoms with E-state index in [0.717, 1.165) is 22.7 Å². The molecule has 0 aliphatic heterocycles. The lowest BCUT2D eigenvalue weighted by atomic mass is 9.96. The molecule has 0 fully saturated rings. The third kappa shape index (κ3) is 2.49. The molecule has 1 N–H and O–H groups in total. The number of aryl methyl sites for hydroxylation is 5. The maximum Gasteiger partial charge on any atom is 0.137 e.